The van der Waals surface area contributed by atoms with Gasteiger partial charge in [0.1, 0.15) is 5.76 Å². The first-order valence-electron chi connectivity index (χ1n) is 9.73. The van der Waals surface area contributed by atoms with Crippen LogP contribution in [0.2, 0.25) is 0 Å². The van der Waals surface area contributed by atoms with Crippen LogP contribution in [0.4, 0.5) is 18.9 Å². The number of anilines is 1. The molecule has 3 heterocycles. The molecule has 0 saturated heterocycles. The third-order valence-electron chi connectivity index (χ3n) is 5.02. The van der Waals surface area contributed by atoms with Gasteiger partial charge in [-0.3, -0.25) is 4.79 Å². The maximum Gasteiger partial charge on any atom is 0.417 e. The molecule has 4 aromatic rings. The van der Waals surface area contributed by atoms with E-state index in [1.807, 2.05) is 31.2 Å². The molecule has 0 fully saturated rings. The lowest BCUT2D eigenvalue weighted by atomic mass is 10.1. The van der Waals surface area contributed by atoms with Crippen molar-refractivity contribution in [2.75, 3.05) is 4.90 Å². The van der Waals surface area contributed by atoms with Gasteiger partial charge in [-0.25, -0.2) is 9.67 Å². The third kappa shape index (κ3) is 4.27. The molecule has 164 valence electrons. The topological polar surface area (TPSA) is 64.2 Å². The number of hydrogen-bond acceptors (Lipinski definition) is 4. The van der Waals surface area contributed by atoms with Gasteiger partial charge >= 0.3 is 6.18 Å². The zero-order valence-electron chi connectivity index (χ0n) is 17.3. The summed E-state index contributed by atoms with van der Waals surface area (Å²) in [5, 5.41) is 4.19. The van der Waals surface area contributed by atoms with Crippen LogP contribution in [0.5, 0.6) is 0 Å². The van der Waals surface area contributed by atoms with Crippen LogP contribution >= 0.6 is 0 Å². The Labute approximate surface area is 181 Å². The van der Waals surface area contributed by atoms with Crippen LogP contribution in [-0.4, -0.2) is 20.7 Å². The second-order valence-electron chi connectivity index (χ2n) is 7.26. The number of pyridine rings is 1. The van der Waals surface area contributed by atoms with Crippen LogP contribution in [0, 0.1) is 13.8 Å². The van der Waals surface area contributed by atoms with Crippen molar-refractivity contribution in [2.24, 2.45) is 0 Å². The standard InChI is InChI=1S/C23H19F3N4O2/c1-15-5-8-18(9-6-15)29(14-19-4-3-11-32-19)22(31)20-13-28-30(16(20)2)21-10-7-17(12-27-21)23(24,25)26/h3-13H,14H2,1-2H3. The summed E-state index contributed by atoms with van der Waals surface area (Å²) in [6.45, 7) is 3.82. The Morgan fingerprint density at radius 3 is 2.41 bits per heavy atom. The van der Waals surface area contributed by atoms with Crippen LogP contribution in [-0.2, 0) is 12.7 Å². The van der Waals surface area contributed by atoms with Crippen LogP contribution in [0.3, 0.4) is 0 Å². The number of rotatable bonds is 5. The lowest BCUT2D eigenvalue weighted by molar-refractivity contribution is -0.137. The van der Waals surface area contributed by atoms with Crippen LogP contribution in [0.1, 0.15) is 32.9 Å². The predicted molar refractivity (Wildman–Crippen MR) is 111 cm³/mol. The normalized spacial score (nSPS) is 11.5. The second kappa shape index (κ2) is 8.33. The molecule has 0 N–H and O–H groups in total. The first-order valence-corrected chi connectivity index (χ1v) is 9.73. The monoisotopic (exact) mass is 440 g/mol. The summed E-state index contributed by atoms with van der Waals surface area (Å²) in [4.78, 5) is 18.9. The molecule has 9 heteroatoms. The summed E-state index contributed by atoms with van der Waals surface area (Å²) < 4.78 is 45.2. The Morgan fingerprint density at radius 1 is 1.06 bits per heavy atom. The van der Waals surface area contributed by atoms with Gasteiger partial charge in [0, 0.05) is 11.9 Å². The molecule has 1 amide bonds. The molecule has 0 saturated carbocycles. The highest BCUT2D eigenvalue weighted by Crippen LogP contribution is 2.29. The van der Waals surface area contributed by atoms with E-state index in [-0.39, 0.29) is 18.3 Å². The number of aryl methyl sites for hydroxylation is 1. The quantitative estimate of drug-likeness (QED) is 0.420. The highest BCUT2D eigenvalue weighted by atomic mass is 19.4. The number of alkyl halides is 3. The molecule has 4 rings (SSSR count). The number of amides is 1. The van der Waals surface area contributed by atoms with Crippen LogP contribution in [0.25, 0.3) is 5.82 Å². The molecule has 0 aliphatic rings. The SMILES string of the molecule is Cc1ccc(N(Cc2ccco2)C(=O)c2cnn(-c3ccc(C(F)(F)F)cn3)c2C)cc1. The van der Waals surface area contributed by atoms with Gasteiger partial charge in [-0.2, -0.15) is 18.3 Å². The summed E-state index contributed by atoms with van der Waals surface area (Å²) in [5.74, 6) is 0.469. The van der Waals surface area contributed by atoms with Gasteiger partial charge in [-0.1, -0.05) is 17.7 Å². The van der Waals surface area contributed by atoms with Crippen molar-refractivity contribution in [3.63, 3.8) is 0 Å². The lowest BCUT2D eigenvalue weighted by Crippen LogP contribution is -2.30. The van der Waals surface area contributed by atoms with Gasteiger partial charge in [0.2, 0.25) is 0 Å². The van der Waals surface area contributed by atoms with E-state index in [4.69, 9.17) is 4.42 Å². The van der Waals surface area contributed by atoms with E-state index < -0.39 is 11.7 Å². The second-order valence-corrected chi connectivity index (χ2v) is 7.26. The number of hydrogen-bond donors (Lipinski definition) is 0. The van der Waals surface area contributed by atoms with Gasteiger partial charge in [-0.15, -0.1) is 0 Å². The Kier molecular flexibility index (Phi) is 5.56. The molecule has 0 unspecified atom stereocenters. The maximum absolute atomic E-state index is 13.5. The Bertz CT molecular complexity index is 1210. The van der Waals surface area contributed by atoms with Crippen molar-refractivity contribution in [2.45, 2.75) is 26.6 Å². The molecule has 0 aliphatic carbocycles. The molecular weight excluding hydrogens is 421 g/mol. The largest absolute Gasteiger partial charge is 0.467 e. The molecule has 6 nitrogen and oxygen atoms in total. The van der Waals surface area contributed by atoms with Gasteiger partial charge < -0.3 is 9.32 Å². The molecule has 0 atom stereocenters. The average molecular weight is 440 g/mol. The Hall–Kier alpha value is -3.88. The van der Waals surface area contributed by atoms with Crippen LogP contribution in [0.15, 0.2) is 71.6 Å². The number of halogens is 3. The van der Waals surface area contributed by atoms with Crippen LogP contribution < -0.4 is 4.90 Å². The summed E-state index contributed by atoms with van der Waals surface area (Å²) in [5.41, 5.74) is 1.64. The smallest absolute Gasteiger partial charge is 0.417 e. The fourth-order valence-corrected chi connectivity index (χ4v) is 3.24. The molecule has 0 bridgehead atoms. The maximum atomic E-state index is 13.5. The molecule has 0 radical (unpaired) electrons. The Morgan fingerprint density at radius 2 is 1.81 bits per heavy atom. The fourth-order valence-electron chi connectivity index (χ4n) is 3.24. The van der Waals surface area contributed by atoms with Gasteiger partial charge in [0.05, 0.1) is 35.8 Å². The van der Waals surface area contributed by atoms with Crippen molar-refractivity contribution in [1.29, 1.82) is 0 Å². The van der Waals surface area contributed by atoms with Crippen molar-refractivity contribution in [3.05, 3.63) is 95.3 Å². The number of benzene rings is 1. The average Bonchev–Trinajstić information content (AvgIpc) is 3.41. The van der Waals surface area contributed by atoms with Crippen molar-refractivity contribution >= 4 is 11.6 Å². The Balaban J connectivity index is 1.67. The summed E-state index contributed by atoms with van der Waals surface area (Å²) in [6.07, 6.45) is -0.813. The molecule has 0 spiro atoms. The van der Waals surface area contributed by atoms with E-state index in [0.717, 1.165) is 17.8 Å². The number of carbonyl (C=O) groups excluding carboxylic acids is 1. The molecule has 3 aromatic heterocycles. The van der Waals surface area contributed by atoms with E-state index >= 15 is 0 Å². The summed E-state index contributed by atoms with van der Waals surface area (Å²) >= 11 is 0. The van der Waals surface area contributed by atoms with Crippen molar-refractivity contribution < 1.29 is 22.4 Å². The van der Waals surface area contributed by atoms with E-state index in [1.165, 1.54) is 23.2 Å². The van der Waals surface area contributed by atoms with E-state index in [1.54, 1.807) is 24.0 Å². The zero-order chi connectivity index (χ0) is 22.9. The number of nitrogens with zero attached hydrogens (tertiary/aromatic N) is 4. The molecule has 1 aromatic carbocycles. The highest BCUT2D eigenvalue weighted by molar-refractivity contribution is 6.06. The van der Waals surface area contributed by atoms with E-state index in [2.05, 4.69) is 10.1 Å². The minimum atomic E-state index is -4.48. The van der Waals surface area contributed by atoms with Gasteiger partial charge in [0.15, 0.2) is 5.82 Å². The lowest BCUT2D eigenvalue weighted by Gasteiger charge is -2.22. The molecular formula is C23H19F3N4O2. The number of aromatic nitrogens is 3. The zero-order valence-corrected chi connectivity index (χ0v) is 17.3. The fraction of sp³-hybridized carbons (Fsp3) is 0.174. The van der Waals surface area contributed by atoms with Crippen molar-refractivity contribution in [1.82, 2.24) is 14.8 Å². The summed E-state index contributed by atoms with van der Waals surface area (Å²) in [7, 11) is 0. The van der Waals surface area contributed by atoms with Gasteiger partial charge in [-0.05, 0) is 50.2 Å². The molecule has 32 heavy (non-hydrogen) atoms. The van der Waals surface area contributed by atoms with Gasteiger partial charge in [0.25, 0.3) is 5.91 Å². The third-order valence-corrected chi connectivity index (χ3v) is 5.02. The first-order chi connectivity index (χ1) is 15.2. The minimum absolute atomic E-state index is 0.183. The van der Waals surface area contributed by atoms with E-state index in [9.17, 15) is 18.0 Å². The minimum Gasteiger partial charge on any atom is -0.467 e. The number of furan rings is 1. The van der Waals surface area contributed by atoms with E-state index in [0.29, 0.717) is 22.7 Å². The highest BCUT2D eigenvalue weighted by Gasteiger charge is 2.31. The predicted octanol–water partition coefficient (Wildman–Crippen LogP) is 5.34. The molecule has 0 aliphatic heterocycles. The summed E-state index contributed by atoms with van der Waals surface area (Å²) in [6, 6.07) is 13.2. The number of carbonyl (C=O) groups is 1. The van der Waals surface area contributed by atoms with Crippen molar-refractivity contribution in [3.8, 4) is 5.82 Å². The first kappa shape index (κ1) is 21.4.